The fourth-order valence-corrected chi connectivity index (χ4v) is 4.54. The molecule has 28 heavy (non-hydrogen) atoms. The number of piperazine rings is 1. The summed E-state index contributed by atoms with van der Waals surface area (Å²) < 4.78 is 17.1. The molecule has 1 aliphatic heterocycles. The van der Waals surface area contributed by atoms with Crippen LogP contribution in [0.15, 0.2) is 42.5 Å². The molecule has 1 fully saturated rings. The minimum Gasteiger partial charge on any atom is -0.497 e. The molecule has 5 heteroatoms. The second-order valence-corrected chi connectivity index (χ2v) is 7.80. The summed E-state index contributed by atoms with van der Waals surface area (Å²) in [6.45, 7) is 5.52. The van der Waals surface area contributed by atoms with Gasteiger partial charge in [-0.25, -0.2) is 0 Å². The lowest BCUT2D eigenvalue weighted by atomic mass is 9.93. The zero-order valence-electron chi connectivity index (χ0n) is 16.9. The van der Waals surface area contributed by atoms with Gasteiger partial charge in [0, 0.05) is 32.2 Å². The van der Waals surface area contributed by atoms with Gasteiger partial charge < -0.3 is 19.5 Å². The maximum absolute atomic E-state index is 6.32. The maximum Gasteiger partial charge on any atom is 0.122 e. The number of rotatable bonds is 7. The number of hydrogen-bond acceptors (Lipinski definition) is 5. The highest BCUT2D eigenvalue weighted by Gasteiger charge is 2.42. The van der Waals surface area contributed by atoms with Crippen LogP contribution in [0.3, 0.4) is 0 Å². The van der Waals surface area contributed by atoms with E-state index in [0.29, 0.717) is 6.61 Å². The first-order valence-corrected chi connectivity index (χ1v) is 10.0. The van der Waals surface area contributed by atoms with Crippen LogP contribution < -0.4 is 14.8 Å². The van der Waals surface area contributed by atoms with E-state index in [1.165, 1.54) is 11.1 Å². The first kappa shape index (κ1) is 19.2. The first-order chi connectivity index (χ1) is 13.7. The second kappa shape index (κ2) is 8.52. The molecule has 2 aromatic carbocycles. The van der Waals surface area contributed by atoms with E-state index in [2.05, 4.69) is 34.5 Å². The second-order valence-electron chi connectivity index (χ2n) is 7.80. The minimum absolute atomic E-state index is 0.0503. The monoisotopic (exact) mass is 382 g/mol. The van der Waals surface area contributed by atoms with E-state index in [4.69, 9.17) is 14.2 Å². The molecule has 0 bridgehead atoms. The summed E-state index contributed by atoms with van der Waals surface area (Å²) in [4.78, 5) is 2.63. The van der Waals surface area contributed by atoms with E-state index in [0.717, 1.165) is 62.7 Å². The van der Waals surface area contributed by atoms with E-state index >= 15 is 0 Å². The Morgan fingerprint density at radius 1 is 0.929 bits per heavy atom. The average Bonchev–Trinajstić information content (AvgIpc) is 3.13. The van der Waals surface area contributed by atoms with Crippen LogP contribution in [0.4, 0.5) is 0 Å². The van der Waals surface area contributed by atoms with Gasteiger partial charge in [-0.2, -0.15) is 0 Å². The van der Waals surface area contributed by atoms with Crippen molar-refractivity contribution in [1.29, 1.82) is 0 Å². The Hall–Kier alpha value is -2.08. The lowest BCUT2D eigenvalue weighted by molar-refractivity contribution is -0.0159. The number of methoxy groups -OCH3 is 2. The summed E-state index contributed by atoms with van der Waals surface area (Å²) in [5, 5.41) is 3.47. The molecule has 2 aromatic rings. The van der Waals surface area contributed by atoms with E-state index in [1.807, 2.05) is 18.2 Å². The molecule has 0 unspecified atom stereocenters. The van der Waals surface area contributed by atoms with Crippen molar-refractivity contribution < 1.29 is 14.2 Å². The van der Waals surface area contributed by atoms with Crippen LogP contribution in [0.5, 0.6) is 11.5 Å². The molecule has 1 N–H and O–H groups in total. The van der Waals surface area contributed by atoms with Gasteiger partial charge in [0.1, 0.15) is 11.5 Å². The maximum atomic E-state index is 6.32. The molecule has 0 amide bonds. The van der Waals surface area contributed by atoms with Gasteiger partial charge in [0.05, 0.1) is 33.0 Å². The van der Waals surface area contributed by atoms with Gasteiger partial charge in [-0.3, -0.25) is 4.90 Å². The van der Waals surface area contributed by atoms with E-state index < -0.39 is 0 Å². The Morgan fingerprint density at radius 3 is 2.11 bits per heavy atom. The van der Waals surface area contributed by atoms with Crippen molar-refractivity contribution in [2.45, 2.75) is 25.0 Å². The zero-order chi connectivity index (χ0) is 19.4. The molecule has 1 saturated heterocycles. The fourth-order valence-electron chi connectivity index (χ4n) is 4.54. The van der Waals surface area contributed by atoms with Crippen molar-refractivity contribution >= 4 is 0 Å². The van der Waals surface area contributed by atoms with Gasteiger partial charge in [0.15, 0.2) is 0 Å². The molecule has 4 rings (SSSR count). The molecule has 1 aliphatic carbocycles. The van der Waals surface area contributed by atoms with E-state index in [-0.39, 0.29) is 5.54 Å². The SMILES string of the molecule is COc1cc(COCC2(N3CCNCC3)Cc3ccccc3C2)cc(OC)c1. The van der Waals surface area contributed by atoms with Crippen LogP contribution >= 0.6 is 0 Å². The predicted molar refractivity (Wildman–Crippen MR) is 110 cm³/mol. The van der Waals surface area contributed by atoms with E-state index in [9.17, 15) is 0 Å². The number of benzene rings is 2. The smallest absolute Gasteiger partial charge is 0.122 e. The molecule has 0 radical (unpaired) electrons. The van der Waals surface area contributed by atoms with Gasteiger partial charge in [-0.1, -0.05) is 24.3 Å². The summed E-state index contributed by atoms with van der Waals surface area (Å²) in [5.41, 5.74) is 4.05. The normalized spacial score (nSPS) is 18.6. The number of ether oxygens (including phenoxy) is 3. The highest BCUT2D eigenvalue weighted by atomic mass is 16.5. The number of nitrogens with one attached hydrogen (secondary N) is 1. The molecule has 1 heterocycles. The molecule has 0 atom stereocenters. The summed E-state index contributed by atoms with van der Waals surface area (Å²) in [5.74, 6) is 1.59. The molecular formula is C23H30N2O3. The first-order valence-electron chi connectivity index (χ1n) is 10.0. The molecule has 5 nitrogen and oxygen atoms in total. The lowest BCUT2D eigenvalue weighted by Gasteiger charge is -2.43. The Kier molecular flexibility index (Phi) is 5.85. The van der Waals surface area contributed by atoms with Crippen LogP contribution in [0.2, 0.25) is 0 Å². The standard InChI is InChI=1S/C23H30N2O3/c1-26-21-11-18(12-22(13-21)27-2)16-28-17-23(25-9-7-24-8-10-25)14-19-5-3-4-6-20(19)15-23/h3-6,11-13,24H,7-10,14-17H2,1-2H3. The molecule has 2 aliphatic rings. The molecule has 0 spiro atoms. The molecule has 0 saturated carbocycles. The van der Waals surface area contributed by atoms with Crippen molar-refractivity contribution in [2.75, 3.05) is 47.0 Å². The molecule has 150 valence electrons. The third-order valence-electron chi connectivity index (χ3n) is 6.00. The highest BCUT2D eigenvalue weighted by molar-refractivity contribution is 5.38. The van der Waals surface area contributed by atoms with Crippen LogP contribution in [-0.2, 0) is 24.2 Å². The van der Waals surface area contributed by atoms with Gasteiger partial charge in [0.25, 0.3) is 0 Å². The Balaban J connectivity index is 1.48. The number of nitrogens with zero attached hydrogens (tertiary/aromatic N) is 1. The largest absolute Gasteiger partial charge is 0.497 e. The average molecular weight is 383 g/mol. The summed E-state index contributed by atoms with van der Waals surface area (Å²) in [6.07, 6.45) is 2.12. The van der Waals surface area contributed by atoms with Crippen LogP contribution in [-0.4, -0.2) is 57.4 Å². The van der Waals surface area contributed by atoms with Gasteiger partial charge >= 0.3 is 0 Å². The van der Waals surface area contributed by atoms with Crippen molar-refractivity contribution in [3.05, 3.63) is 59.2 Å². The third-order valence-corrected chi connectivity index (χ3v) is 6.00. The third kappa shape index (κ3) is 4.02. The Labute approximate surface area is 167 Å². The highest BCUT2D eigenvalue weighted by Crippen LogP contribution is 2.35. The zero-order valence-corrected chi connectivity index (χ0v) is 16.9. The number of hydrogen-bond donors (Lipinski definition) is 1. The van der Waals surface area contributed by atoms with E-state index in [1.54, 1.807) is 14.2 Å². The van der Waals surface area contributed by atoms with Crippen molar-refractivity contribution in [3.63, 3.8) is 0 Å². The van der Waals surface area contributed by atoms with Gasteiger partial charge in [-0.05, 0) is 41.7 Å². The fraction of sp³-hybridized carbons (Fsp3) is 0.478. The Bertz CT molecular complexity index is 755. The van der Waals surface area contributed by atoms with Crippen molar-refractivity contribution in [2.24, 2.45) is 0 Å². The minimum atomic E-state index is 0.0503. The van der Waals surface area contributed by atoms with Crippen molar-refractivity contribution in [3.8, 4) is 11.5 Å². The summed E-state index contributed by atoms with van der Waals surface area (Å²) >= 11 is 0. The van der Waals surface area contributed by atoms with Gasteiger partial charge in [-0.15, -0.1) is 0 Å². The van der Waals surface area contributed by atoms with Crippen LogP contribution in [0, 0.1) is 0 Å². The van der Waals surface area contributed by atoms with Gasteiger partial charge in [0.2, 0.25) is 0 Å². The number of fused-ring (bicyclic) bond motifs is 1. The Morgan fingerprint density at radius 2 is 1.54 bits per heavy atom. The molecule has 0 aromatic heterocycles. The summed E-state index contributed by atoms with van der Waals surface area (Å²) in [6, 6.07) is 14.8. The lowest BCUT2D eigenvalue weighted by Crippen LogP contribution is -2.59. The van der Waals surface area contributed by atoms with Crippen LogP contribution in [0.25, 0.3) is 0 Å². The predicted octanol–water partition coefficient (Wildman–Crippen LogP) is 2.66. The molecular weight excluding hydrogens is 352 g/mol. The topological polar surface area (TPSA) is 43.0 Å². The summed E-state index contributed by atoms with van der Waals surface area (Å²) in [7, 11) is 3.35. The quantitative estimate of drug-likeness (QED) is 0.798. The van der Waals surface area contributed by atoms with Crippen molar-refractivity contribution in [1.82, 2.24) is 10.2 Å². The van der Waals surface area contributed by atoms with Crippen LogP contribution in [0.1, 0.15) is 16.7 Å².